The van der Waals surface area contributed by atoms with E-state index < -0.39 is 0 Å². The lowest BCUT2D eigenvalue weighted by Gasteiger charge is -2.33. The molecule has 1 atom stereocenters. The largest absolute Gasteiger partial charge is 0.353 e. The second kappa shape index (κ2) is 7.36. The molecule has 1 rings (SSSR count). The summed E-state index contributed by atoms with van der Waals surface area (Å²) in [6.07, 6.45) is 3.21. The van der Waals surface area contributed by atoms with Gasteiger partial charge >= 0.3 is 0 Å². The van der Waals surface area contributed by atoms with Gasteiger partial charge in [-0.1, -0.05) is 13.3 Å². The number of nitrogens with zero attached hydrogens (tertiary/aromatic N) is 1. The molecule has 5 nitrogen and oxygen atoms in total. The maximum atomic E-state index is 12.0. The first-order valence-electron chi connectivity index (χ1n) is 6.81. The average Bonchev–Trinajstić information content (AvgIpc) is 2.35. The Morgan fingerprint density at radius 2 is 2.00 bits per heavy atom. The van der Waals surface area contributed by atoms with E-state index in [2.05, 4.69) is 12.2 Å². The van der Waals surface area contributed by atoms with Crippen molar-refractivity contribution in [3.63, 3.8) is 0 Å². The number of likely N-dealkylation sites (tertiary alicyclic amines) is 1. The molecule has 0 aliphatic carbocycles. The minimum atomic E-state index is 0.00829. The Hall–Kier alpha value is -1.10. The fourth-order valence-corrected chi connectivity index (χ4v) is 2.33. The lowest BCUT2D eigenvalue weighted by Crippen LogP contribution is -2.46. The van der Waals surface area contributed by atoms with Crippen LogP contribution >= 0.6 is 0 Å². The number of hydrogen-bond donors (Lipinski definition) is 2. The summed E-state index contributed by atoms with van der Waals surface area (Å²) in [6, 6.07) is 0.225. The molecule has 0 aromatic heterocycles. The highest BCUT2D eigenvalue weighted by molar-refractivity contribution is 5.76. The van der Waals surface area contributed by atoms with Gasteiger partial charge in [-0.2, -0.15) is 0 Å². The van der Waals surface area contributed by atoms with Crippen molar-refractivity contribution in [3.8, 4) is 0 Å². The molecule has 18 heavy (non-hydrogen) atoms. The van der Waals surface area contributed by atoms with Gasteiger partial charge in [0.05, 0.1) is 0 Å². The van der Waals surface area contributed by atoms with Crippen LogP contribution in [-0.2, 0) is 9.59 Å². The van der Waals surface area contributed by atoms with Crippen LogP contribution in [0.2, 0.25) is 0 Å². The number of hydrogen-bond acceptors (Lipinski definition) is 3. The Kier molecular flexibility index (Phi) is 6.12. The predicted octanol–water partition coefficient (Wildman–Crippen LogP) is 0.489. The van der Waals surface area contributed by atoms with E-state index >= 15 is 0 Å². The maximum Gasteiger partial charge on any atom is 0.222 e. The van der Waals surface area contributed by atoms with Gasteiger partial charge in [-0.3, -0.25) is 9.59 Å². The van der Waals surface area contributed by atoms with Gasteiger partial charge in [-0.05, 0) is 25.3 Å². The van der Waals surface area contributed by atoms with E-state index in [9.17, 15) is 9.59 Å². The summed E-state index contributed by atoms with van der Waals surface area (Å²) < 4.78 is 0. The van der Waals surface area contributed by atoms with Crippen LogP contribution in [0.25, 0.3) is 0 Å². The SMILES string of the molecule is CCC(CN)CC(=O)N1CCC(NC(C)=O)CC1. The van der Waals surface area contributed by atoms with Crippen molar-refractivity contribution >= 4 is 11.8 Å². The number of nitrogens with one attached hydrogen (secondary N) is 1. The first kappa shape index (κ1) is 15.0. The quantitative estimate of drug-likeness (QED) is 0.750. The molecule has 0 aromatic carbocycles. The van der Waals surface area contributed by atoms with E-state index in [0.717, 1.165) is 32.4 Å². The van der Waals surface area contributed by atoms with E-state index in [1.54, 1.807) is 0 Å². The highest BCUT2D eigenvalue weighted by Gasteiger charge is 2.24. The van der Waals surface area contributed by atoms with Crippen LogP contribution < -0.4 is 11.1 Å². The standard InChI is InChI=1S/C13H25N3O2/c1-3-11(9-14)8-13(18)16-6-4-12(5-7-16)15-10(2)17/h11-12H,3-9,14H2,1-2H3,(H,15,17). The smallest absolute Gasteiger partial charge is 0.222 e. The molecule has 1 aliphatic rings. The van der Waals surface area contributed by atoms with E-state index in [1.165, 1.54) is 6.92 Å². The lowest BCUT2D eigenvalue weighted by molar-refractivity contribution is -0.133. The van der Waals surface area contributed by atoms with Crippen molar-refractivity contribution in [3.05, 3.63) is 0 Å². The molecule has 1 fully saturated rings. The number of piperidine rings is 1. The van der Waals surface area contributed by atoms with Crippen molar-refractivity contribution in [2.75, 3.05) is 19.6 Å². The number of carbonyl (C=O) groups excluding carboxylic acids is 2. The zero-order chi connectivity index (χ0) is 13.5. The van der Waals surface area contributed by atoms with Gasteiger partial charge in [0.1, 0.15) is 0 Å². The molecular weight excluding hydrogens is 230 g/mol. The van der Waals surface area contributed by atoms with Crippen molar-refractivity contribution in [2.45, 2.75) is 45.6 Å². The zero-order valence-corrected chi connectivity index (χ0v) is 11.4. The summed E-state index contributed by atoms with van der Waals surface area (Å²) in [5.74, 6) is 0.507. The van der Waals surface area contributed by atoms with Crippen LogP contribution in [0.15, 0.2) is 0 Å². The molecule has 1 saturated heterocycles. The average molecular weight is 255 g/mol. The van der Waals surface area contributed by atoms with Gasteiger partial charge in [0.15, 0.2) is 0 Å². The molecule has 2 amide bonds. The summed E-state index contributed by atoms with van der Waals surface area (Å²) in [5, 5.41) is 2.91. The monoisotopic (exact) mass is 255 g/mol. The minimum Gasteiger partial charge on any atom is -0.353 e. The summed E-state index contributed by atoms with van der Waals surface area (Å²) >= 11 is 0. The molecule has 3 N–H and O–H groups in total. The van der Waals surface area contributed by atoms with Crippen molar-refractivity contribution < 1.29 is 9.59 Å². The molecule has 1 unspecified atom stereocenters. The molecule has 0 radical (unpaired) electrons. The molecule has 0 spiro atoms. The molecule has 1 heterocycles. The number of carbonyl (C=O) groups is 2. The summed E-state index contributed by atoms with van der Waals surface area (Å²) in [7, 11) is 0. The van der Waals surface area contributed by atoms with E-state index in [0.29, 0.717) is 18.9 Å². The third-order valence-electron chi connectivity index (χ3n) is 3.63. The third-order valence-corrected chi connectivity index (χ3v) is 3.63. The minimum absolute atomic E-state index is 0.00829. The van der Waals surface area contributed by atoms with Gasteiger partial charge in [0.25, 0.3) is 0 Å². The van der Waals surface area contributed by atoms with Crippen LogP contribution in [0, 0.1) is 5.92 Å². The molecule has 0 aromatic rings. The summed E-state index contributed by atoms with van der Waals surface area (Å²) in [4.78, 5) is 24.9. The van der Waals surface area contributed by atoms with Gasteiger partial charge in [0, 0.05) is 32.5 Å². The van der Waals surface area contributed by atoms with E-state index in [4.69, 9.17) is 5.73 Å². The van der Waals surface area contributed by atoms with Gasteiger partial charge in [0.2, 0.25) is 11.8 Å². The molecule has 104 valence electrons. The predicted molar refractivity (Wildman–Crippen MR) is 70.9 cm³/mol. The molecular formula is C13H25N3O2. The van der Waals surface area contributed by atoms with Crippen LogP contribution in [0.4, 0.5) is 0 Å². The Bertz CT molecular complexity index is 282. The first-order valence-corrected chi connectivity index (χ1v) is 6.81. The van der Waals surface area contributed by atoms with Crippen LogP contribution in [0.3, 0.4) is 0 Å². The van der Waals surface area contributed by atoms with Crippen molar-refractivity contribution in [1.29, 1.82) is 0 Å². The van der Waals surface area contributed by atoms with Crippen LogP contribution in [0.5, 0.6) is 0 Å². The topological polar surface area (TPSA) is 75.4 Å². The summed E-state index contributed by atoms with van der Waals surface area (Å²) in [5.41, 5.74) is 5.62. The normalized spacial score (nSPS) is 18.5. The second-order valence-electron chi connectivity index (χ2n) is 5.07. The first-order chi connectivity index (χ1) is 8.56. The Labute approximate surface area is 109 Å². The molecule has 0 bridgehead atoms. The van der Waals surface area contributed by atoms with Crippen molar-refractivity contribution in [2.24, 2.45) is 11.7 Å². The number of rotatable bonds is 5. The number of amides is 2. The Balaban J connectivity index is 2.33. The number of nitrogens with two attached hydrogens (primary N) is 1. The van der Waals surface area contributed by atoms with Gasteiger partial charge < -0.3 is 16.0 Å². The van der Waals surface area contributed by atoms with Crippen LogP contribution in [-0.4, -0.2) is 42.4 Å². The van der Waals surface area contributed by atoms with E-state index in [1.807, 2.05) is 4.90 Å². The zero-order valence-electron chi connectivity index (χ0n) is 11.4. The van der Waals surface area contributed by atoms with Gasteiger partial charge in [-0.25, -0.2) is 0 Å². The molecule has 1 aliphatic heterocycles. The van der Waals surface area contributed by atoms with Crippen LogP contribution in [0.1, 0.15) is 39.5 Å². The lowest BCUT2D eigenvalue weighted by atomic mass is 10.00. The van der Waals surface area contributed by atoms with E-state index in [-0.39, 0.29) is 17.9 Å². The summed E-state index contributed by atoms with van der Waals surface area (Å²) in [6.45, 7) is 5.65. The molecule has 0 saturated carbocycles. The fourth-order valence-electron chi connectivity index (χ4n) is 2.33. The van der Waals surface area contributed by atoms with Gasteiger partial charge in [-0.15, -0.1) is 0 Å². The highest BCUT2D eigenvalue weighted by Crippen LogP contribution is 2.14. The molecule has 5 heteroatoms. The van der Waals surface area contributed by atoms with Crippen molar-refractivity contribution in [1.82, 2.24) is 10.2 Å². The fraction of sp³-hybridized carbons (Fsp3) is 0.846. The third kappa shape index (κ3) is 4.64. The Morgan fingerprint density at radius 3 is 2.44 bits per heavy atom. The maximum absolute atomic E-state index is 12.0. The Morgan fingerprint density at radius 1 is 1.39 bits per heavy atom. The highest BCUT2D eigenvalue weighted by atomic mass is 16.2. The second-order valence-corrected chi connectivity index (χ2v) is 5.07.